The molecule has 1 aliphatic carbocycles. The summed E-state index contributed by atoms with van der Waals surface area (Å²) in [6.45, 7) is 0. The summed E-state index contributed by atoms with van der Waals surface area (Å²) in [6, 6.07) is 16.0. The molecule has 3 aromatic rings. The van der Waals surface area contributed by atoms with Gasteiger partial charge in [-0.25, -0.2) is 4.98 Å². The van der Waals surface area contributed by atoms with E-state index in [1.54, 1.807) is 12.1 Å². The van der Waals surface area contributed by atoms with E-state index in [9.17, 15) is 18.0 Å². The van der Waals surface area contributed by atoms with Crippen molar-refractivity contribution in [3.63, 3.8) is 0 Å². The fourth-order valence-electron chi connectivity index (χ4n) is 3.52. The number of aromatic nitrogens is 1. The number of nitrogens with one attached hydrogen (secondary N) is 2. The number of amides is 1. The average Bonchev–Trinajstić information content (AvgIpc) is 3.10. The van der Waals surface area contributed by atoms with Crippen LogP contribution in [0.1, 0.15) is 27.0 Å². The van der Waals surface area contributed by atoms with Crippen molar-refractivity contribution in [3.8, 4) is 0 Å². The Labute approximate surface area is 165 Å². The lowest BCUT2D eigenvalue weighted by Gasteiger charge is -2.15. The molecule has 29 heavy (non-hydrogen) atoms. The van der Waals surface area contributed by atoms with Gasteiger partial charge in [-0.15, -0.1) is 0 Å². The number of anilines is 2. The van der Waals surface area contributed by atoms with Crippen LogP contribution in [-0.2, 0) is 19.0 Å². The topological polar surface area (TPSA) is 54.0 Å². The van der Waals surface area contributed by atoms with Crippen molar-refractivity contribution < 1.29 is 18.0 Å². The molecule has 0 spiro atoms. The SMILES string of the molecule is O=C(NC1Cc2ccccc2C1)c1cccnc1Nc1cccc(C(F)(F)F)c1. The predicted octanol–water partition coefficient (Wildman–Crippen LogP) is 4.74. The zero-order valence-corrected chi connectivity index (χ0v) is 15.3. The number of alkyl halides is 3. The van der Waals surface area contributed by atoms with E-state index in [0.29, 0.717) is 0 Å². The summed E-state index contributed by atoms with van der Waals surface area (Å²) in [5, 5.41) is 5.84. The van der Waals surface area contributed by atoms with Crippen LogP contribution in [0, 0.1) is 0 Å². The highest BCUT2D eigenvalue weighted by Crippen LogP contribution is 2.31. The second-order valence-corrected chi connectivity index (χ2v) is 6.95. The van der Waals surface area contributed by atoms with Crippen molar-refractivity contribution in [2.45, 2.75) is 25.1 Å². The van der Waals surface area contributed by atoms with Crippen molar-refractivity contribution in [2.75, 3.05) is 5.32 Å². The normalized spacial score (nSPS) is 13.8. The first-order valence-electron chi connectivity index (χ1n) is 9.17. The van der Waals surface area contributed by atoms with Gasteiger partial charge in [0.25, 0.3) is 5.91 Å². The molecule has 2 N–H and O–H groups in total. The van der Waals surface area contributed by atoms with Gasteiger partial charge >= 0.3 is 6.18 Å². The summed E-state index contributed by atoms with van der Waals surface area (Å²) in [7, 11) is 0. The third-order valence-corrected chi connectivity index (χ3v) is 4.89. The van der Waals surface area contributed by atoms with E-state index in [-0.39, 0.29) is 29.0 Å². The number of pyridine rings is 1. The van der Waals surface area contributed by atoms with Crippen LogP contribution in [-0.4, -0.2) is 16.9 Å². The summed E-state index contributed by atoms with van der Waals surface area (Å²) in [6.07, 6.45) is -1.46. The van der Waals surface area contributed by atoms with E-state index in [4.69, 9.17) is 0 Å². The summed E-state index contributed by atoms with van der Waals surface area (Å²) >= 11 is 0. The first-order valence-corrected chi connectivity index (χ1v) is 9.17. The number of carbonyl (C=O) groups is 1. The van der Waals surface area contributed by atoms with E-state index in [2.05, 4.69) is 15.6 Å². The van der Waals surface area contributed by atoms with Crippen molar-refractivity contribution >= 4 is 17.4 Å². The molecule has 0 saturated heterocycles. The minimum Gasteiger partial charge on any atom is -0.349 e. The summed E-state index contributed by atoms with van der Waals surface area (Å²) < 4.78 is 38.8. The predicted molar refractivity (Wildman–Crippen MR) is 104 cm³/mol. The summed E-state index contributed by atoms with van der Waals surface area (Å²) in [4.78, 5) is 17.0. The van der Waals surface area contributed by atoms with Crippen molar-refractivity contribution in [1.29, 1.82) is 0 Å². The molecule has 1 aliphatic rings. The Morgan fingerprint density at radius 1 is 0.966 bits per heavy atom. The standard InChI is InChI=1S/C22H18F3N3O/c23-22(24,25)16-7-3-8-17(13-16)27-20-19(9-4-10-26-20)21(29)28-18-11-14-5-1-2-6-15(14)12-18/h1-10,13,18H,11-12H2,(H,26,27)(H,28,29). The van der Waals surface area contributed by atoms with E-state index < -0.39 is 11.7 Å². The van der Waals surface area contributed by atoms with Gasteiger partial charge in [-0.05, 0) is 54.3 Å². The van der Waals surface area contributed by atoms with Crippen LogP contribution < -0.4 is 10.6 Å². The molecule has 1 amide bonds. The third kappa shape index (κ3) is 4.23. The van der Waals surface area contributed by atoms with Crippen LogP contribution in [0.25, 0.3) is 0 Å². The number of benzene rings is 2. The molecule has 7 heteroatoms. The molecule has 0 atom stereocenters. The zero-order valence-electron chi connectivity index (χ0n) is 15.3. The number of nitrogens with zero attached hydrogens (tertiary/aromatic N) is 1. The molecule has 0 radical (unpaired) electrons. The zero-order chi connectivity index (χ0) is 20.4. The molecule has 148 valence electrons. The molecule has 1 heterocycles. The lowest BCUT2D eigenvalue weighted by atomic mass is 10.1. The molecule has 1 aromatic heterocycles. The van der Waals surface area contributed by atoms with E-state index in [1.807, 2.05) is 24.3 Å². The Hall–Kier alpha value is -3.35. The lowest BCUT2D eigenvalue weighted by molar-refractivity contribution is -0.137. The Morgan fingerprint density at radius 2 is 1.69 bits per heavy atom. The number of hydrogen-bond donors (Lipinski definition) is 2. The summed E-state index contributed by atoms with van der Waals surface area (Å²) in [5.74, 6) is -0.106. The maximum Gasteiger partial charge on any atom is 0.416 e. The third-order valence-electron chi connectivity index (χ3n) is 4.89. The van der Waals surface area contributed by atoms with Gasteiger partial charge in [0.05, 0.1) is 11.1 Å². The number of carbonyl (C=O) groups excluding carboxylic acids is 1. The van der Waals surface area contributed by atoms with Gasteiger partial charge in [0.1, 0.15) is 5.82 Å². The average molecular weight is 397 g/mol. The van der Waals surface area contributed by atoms with Gasteiger partial charge in [0.15, 0.2) is 0 Å². The quantitative estimate of drug-likeness (QED) is 0.669. The molecule has 0 saturated carbocycles. The molecular formula is C22H18F3N3O. The molecule has 0 fully saturated rings. The fourth-order valence-corrected chi connectivity index (χ4v) is 3.52. The first kappa shape index (κ1) is 19.0. The second kappa shape index (κ2) is 7.58. The van der Waals surface area contributed by atoms with Crippen LogP contribution in [0.2, 0.25) is 0 Å². The van der Waals surface area contributed by atoms with Crippen molar-refractivity contribution in [2.24, 2.45) is 0 Å². The molecule has 2 aromatic carbocycles. The Balaban J connectivity index is 1.51. The Morgan fingerprint density at radius 3 is 2.38 bits per heavy atom. The van der Waals surface area contributed by atoms with Gasteiger partial charge in [-0.3, -0.25) is 4.79 Å². The van der Waals surface area contributed by atoms with Crippen LogP contribution in [0.5, 0.6) is 0 Å². The van der Waals surface area contributed by atoms with E-state index in [0.717, 1.165) is 25.0 Å². The van der Waals surface area contributed by atoms with Gasteiger partial charge in [-0.1, -0.05) is 30.3 Å². The highest BCUT2D eigenvalue weighted by atomic mass is 19.4. The molecular weight excluding hydrogens is 379 g/mol. The highest BCUT2D eigenvalue weighted by Gasteiger charge is 2.30. The molecule has 0 aliphatic heterocycles. The second-order valence-electron chi connectivity index (χ2n) is 6.95. The van der Waals surface area contributed by atoms with Gasteiger partial charge in [0.2, 0.25) is 0 Å². The maximum absolute atomic E-state index is 12.9. The smallest absolute Gasteiger partial charge is 0.349 e. The number of hydrogen-bond acceptors (Lipinski definition) is 3. The van der Waals surface area contributed by atoms with Crippen LogP contribution in [0.15, 0.2) is 66.9 Å². The van der Waals surface area contributed by atoms with Crippen molar-refractivity contribution in [1.82, 2.24) is 10.3 Å². The molecule has 0 bridgehead atoms. The Kier molecular flexibility index (Phi) is 4.96. The van der Waals surface area contributed by atoms with E-state index >= 15 is 0 Å². The van der Waals surface area contributed by atoms with Gasteiger partial charge in [0, 0.05) is 17.9 Å². The minimum absolute atomic E-state index is 0.0264. The fraction of sp³-hybridized carbons (Fsp3) is 0.182. The molecule has 4 nitrogen and oxygen atoms in total. The van der Waals surface area contributed by atoms with Crippen LogP contribution in [0.3, 0.4) is 0 Å². The molecule has 4 rings (SSSR count). The lowest BCUT2D eigenvalue weighted by Crippen LogP contribution is -2.35. The largest absolute Gasteiger partial charge is 0.416 e. The van der Waals surface area contributed by atoms with Gasteiger partial charge < -0.3 is 10.6 Å². The number of fused-ring (bicyclic) bond motifs is 1. The van der Waals surface area contributed by atoms with Crippen molar-refractivity contribution in [3.05, 3.63) is 89.1 Å². The van der Waals surface area contributed by atoms with E-state index in [1.165, 1.54) is 29.5 Å². The number of rotatable bonds is 4. The highest BCUT2D eigenvalue weighted by molar-refractivity contribution is 5.99. The maximum atomic E-state index is 12.9. The van der Waals surface area contributed by atoms with Crippen LogP contribution in [0.4, 0.5) is 24.7 Å². The first-order chi connectivity index (χ1) is 13.9. The van der Waals surface area contributed by atoms with Crippen LogP contribution >= 0.6 is 0 Å². The number of halogens is 3. The molecule has 0 unspecified atom stereocenters. The minimum atomic E-state index is -4.44. The van der Waals surface area contributed by atoms with Gasteiger partial charge in [-0.2, -0.15) is 13.2 Å². The monoisotopic (exact) mass is 397 g/mol. The summed E-state index contributed by atoms with van der Waals surface area (Å²) in [5.41, 5.74) is 2.15. The Bertz CT molecular complexity index is 1020.